The van der Waals surface area contributed by atoms with E-state index in [4.69, 9.17) is 0 Å². The van der Waals surface area contributed by atoms with Crippen molar-refractivity contribution in [2.75, 3.05) is 51.0 Å². The minimum absolute atomic E-state index is 0.769. The second-order valence-corrected chi connectivity index (χ2v) is 4.93. The molecule has 0 spiro atoms. The van der Waals surface area contributed by atoms with Crippen LogP contribution in [0.4, 0.5) is 11.6 Å². The van der Waals surface area contributed by atoms with Crippen molar-refractivity contribution in [3.8, 4) is 0 Å². The van der Waals surface area contributed by atoms with Crippen LogP contribution in [0.25, 0.3) is 0 Å². The third-order valence-corrected chi connectivity index (χ3v) is 3.40. The van der Waals surface area contributed by atoms with Gasteiger partial charge in [-0.05, 0) is 38.1 Å². The molecule has 4 heteroatoms. The highest BCUT2D eigenvalue weighted by Gasteiger charge is 2.21. The topological polar surface area (TPSA) is 31.4 Å². The van der Waals surface area contributed by atoms with Gasteiger partial charge >= 0.3 is 0 Å². The molecule has 1 aromatic rings. The molecule has 0 radical (unpaired) electrons. The van der Waals surface area contributed by atoms with E-state index in [2.05, 4.69) is 40.3 Å². The van der Waals surface area contributed by atoms with E-state index >= 15 is 0 Å². The second-order valence-electron chi connectivity index (χ2n) is 4.93. The summed E-state index contributed by atoms with van der Waals surface area (Å²) in [6, 6.07) is 6.10. The molecule has 1 fully saturated rings. The predicted molar refractivity (Wildman–Crippen MR) is 72.7 cm³/mol. The Morgan fingerprint density at radius 1 is 1.53 bits per heavy atom. The molecule has 1 N–H and O–H groups in total. The summed E-state index contributed by atoms with van der Waals surface area (Å²) in [7, 11) is 6.22. The number of rotatable bonds is 4. The molecule has 0 bridgehead atoms. The van der Waals surface area contributed by atoms with Crippen molar-refractivity contribution in [3.63, 3.8) is 0 Å². The maximum Gasteiger partial charge on any atom is 0.130 e. The molecule has 0 aromatic carbocycles. The maximum atomic E-state index is 4.55. The highest BCUT2D eigenvalue weighted by Crippen LogP contribution is 2.19. The van der Waals surface area contributed by atoms with Crippen molar-refractivity contribution in [2.45, 2.75) is 6.42 Å². The molecule has 2 heterocycles. The van der Waals surface area contributed by atoms with E-state index in [0.29, 0.717) is 0 Å². The summed E-state index contributed by atoms with van der Waals surface area (Å²) in [5.74, 6) is 2.74. The van der Waals surface area contributed by atoms with Gasteiger partial charge in [-0.1, -0.05) is 6.07 Å². The van der Waals surface area contributed by atoms with Crippen LogP contribution < -0.4 is 10.2 Å². The smallest absolute Gasteiger partial charge is 0.130 e. The number of nitrogens with one attached hydrogen (secondary N) is 1. The Kier molecular flexibility index (Phi) is 3.84. The van der Waals surface area contributed by atoms with E-state index in [0.717, 1.165) is 24.1 Å². The molecule has 0 saturated carbocycles. The Morgan fingerprint density at radius 3 is 3.00 bits per heavy atom. The first-order valence-electron chi connectivity index (χ1n) is 6.23. The van der Waals surface area contributed by atoms with Gasteiger partial charge in [0.15, 0.2) is 0 Å². The van der Waals surface area contributed by atoms with Crippen LogP contribution in [0.15, 0.2) is 18.2 Å². The lowest BCUT2D eigenvalue weighted by molar-refractivity contribution is 0.395. The Labute approximate surface area is 104 Å². The number of hydrogen-bond donors (Lipinski definition) is 1. The Bertz CT molecular complexity index is 366. The lowest BCUT2D eigenvalue weighted by atomic mass is 10.1. The van der Waals surface area contributed by atoms with E-state index in [9.17, 15) is 0 Å². The second kappa shape index (κ2) is 5.36. The molecule has 1 saturated heterocycles. The van der Waals surface area contributed by atoms with Gasteiger partial charge < -0.3 is 15.1 Å². The third kappa shape index (κ3) is 3.09. The van der Waals surface area contributed by atoms with Crippen LogP contribution >= 0.6 is 0 Å². The van der Waals surface area contributed by atoms with E-state index in [-0.39, 0.29) is 0 Å². The molecule has 2 rings (SSSR count). The Morgan fingerprint density at radius 2 is 2.35 bits per heavy atom. The summed E-state index contributed by atoms with van der Waals surface area (Å²) in [4.78, 5) is 9.21. The van der Waals surface area contributed by atoms with Crippen molar-refractivity contribution in [2.24, 2.45) is 5.92 Å². The standard InChI is InChI=1S/C13H22N4/c1-14-12-5-4-6-13(15-12)17(3)10-11-7-8-16(2)9-11/h4-6,11H,7-10H2,1-3H3,(H,14,15). The molecule has 1 atom stereocenters. The minimum Gasteiger partial charge on any atom is -0.373 e. The molecule has 1 aromatic heterocycles. The van der Waals surface area contributed by atoms with Gasteiger partial charge in [-0.25, -0.2) is 4.98 Å². The van der Waals surface area contributed by atoms with Crippen molar-refractivity contribution in [1.82, 2.24) is 9.88 Å². The molecule has 0 aliphatic carbocycles. The number of anilines is 2. The lowest BCUT2D eigenvalue weighted by Crippen LogP contribution is -2.27. The summed E-state index contributed by atoms with van der Waals surface area (Å²) in [5.41, 5.74) is 0. The summed E-state index contributed by atoms with van der Waals surface area (Å²) >= 11 is 0. The quantitative estimate of drug-likeness (QED) is 0.855. The third-order valence-electron chi connectivity index (χ3n) is 3.40. The number of pyridine rings is 1. The average molecular weight is 234 g/mol. The van der Waals surface area contributed by atoms with Gasteiger partial charge in [-0.15, -0.1) is 0 Å². The van der Waals surface area contributed by atoms with Crippen molar-refractivity contribution >= 4 is 11.6 Å². The van der Waals surface area contributed by atoms with Gasteiger partial charge in [0.1, 0.15) is 11.6 Å². The van der Waals surface area contributed by atoms with E-state index < -0.39 is 0 Å². The van der Waals surface area contributed by atoms with Crippen molar-refractivity contribution in [3.05, 3.63) is 18.2 Å². The molecular weight excluding hydrogens is 212 g/mol. The predicted octanol–water partition coefficient (Wildman–Crippen LogP) is 1.51. The van der Waals surface area contributed by atoms with Crippen LogP contribution in [0.5, 0.6) is 0 Å². The van der Waals surface area contributed by atoms with Crippen LogP contribution in [0, 0.1) is 5.92 Å². The fraction of sp³-hybridized carbons (Fsp3) is 0.615. The fourth-order valence-electron chi connectivity index (χ4n) is 2.43. The lowest BCUT2D eigenvalue weighted by Gasteiger charge is -2.22. The minimum atomic E-state index is 0.769. The highest BCUT2D eigenvalue weighted by atomic mass is 15.2. The van der Waals surface area contributed by atoms with Gasteiger partial charge in [0.05, 0.1) is 0 Å². The first-order chi connectivity index (χ1) is 8.19. The van der Waals surface area contributed by atoms with Gasteiger partial charge in [0, 0.05) is 27.2 Å². The Hall–Kier alpha value is -1.29. The molecular formula is C13H22N4. The zero-order chi connectivity index (χ0) is 12.3. The normalized spacial score (nSPS) is 20.5. The van der Waals surface area contributed by atoms with E-state index in [1.54, 1.807) is 0 Å². The molecule has 1 aliphatic heterocycles. The van der Waals surface area contributed by atoms with Crippen LogP contribution in [-0.4, -0.2) is 50.7 Å². The largest absolute Gasteiger partial charge is 0.373 e. The average Bonchev–Trinajstić information content (AvgIpc) is 2.75. The summed E-state index contributed by atoms with van der Waals surface area (Å²) in [6.45, 7) is 3.52. The van der Waals surface area contributed by atoms with Crippen LogP contribution in [-0.2, 0) is 0 Å². The van der Waals surface area contributed by atoms with Gasteiger partial charge in [-0.2, -0.15) is 0 Å². The summed E-state index contributed by atoms with van der Waals surface area (Å²) < 4.78 is 0. The van der Waals surface area contributed by atoms with Crippen LogP contribution in [0.2, 0.25) is 0 Å². The van der Waals surface area contributed by atoms with Crippen molar-refractivity contribution in [1.29, 1.82) is 0 Å². The number of hydrogen-bond acceptors (Lipinski definition) is 4. The van der Waals surface area contributed by atoms with Gasteiger partial charge in [-0.3, -0.25) is 0 Å². The maximum absolute atomic E-state index is 4.55. The molecule has 1 aliphatic rings. The fourth-order valence-corrected chi connectivity index (χ4v) is 2.43. The first kappa shape index (κ1) is 12.2. The van der Waals surface area contributed by atoms with E-state index in [1.165, 1.54) is 19.5 Å². The molecule has 0 amide bonds. The summed E-state index contributed by atoms with van der Waals surface area (Å²) in [5, 5.41) is 3.08. The SMILES string of the molecule is CNc1cccc(N(C)CC2CCN(C)C2)n1. The number of likely N-dealkylation sites (tertiary alicyclic amines) is 1. The van der Waals surface area contributed by atoms with Gasteiger partial charge in [0.25, 0.3) is 0 Å². The number of aromatic nitrogens is 1. The number of nitrogens with zero attached hydrogens (tertiary/aromatic N) is 3. The first-order valence-corrected chi connectivity index (χ1v) is 6.23. The zero-order valence-electron chi connectivity index (χ0n) is 11.0. The summed E-state index contributed by atoms with van der Waals surface area (Å²) in [6.07, 6.45) is 1.30. The van der Waals surface area contributed by atoms with Crippen LogP contribution in [0.3, 0.4) is 0 Å². The molecule has 1 unspecified atom stereocenters. The molecule has 17 heavy (non-hydrogen) atoms. The molecule has 4 nitrogen and oxygen atoms in total. The van der Waals surface area contributed by atoms with Crippen LogP contribution in [0.1, 0.15) is 6.42 Å². The van der Waals surface area contributed by atoms with Crippen molar-refractivity contribution < 1.29 is 0 Å². The zero-order valence-corrected chi connectivity index (χ0v) is 11.0. The van der Waals surface area contributed by atoms with E-state index in [1.807, 2.05) is 19.2 Å². The Balaban J connectivity index is 1.96. The van der Waals surface area contributed by atoms with Gasteiger partial charge in [0.2, 0.25) is 0 Å². The highest BCUT2D eigenvalue weighted by molar-refractivity contribution is 5.46. The molecule has 94 valence electrons. The monoisotopic (exact) mass is 234 g/mol.